The van der Waals surface area contributed by atoms with Crippen molar-refractivity contribution < 1.29 is 23.7 Å². The van der Waals surface area contributed by atoms with Gasteiger partial charge >= 0.3 is 5.97 Å². The fourth-order valence-corrected chi connectivity index (χ4v) is 4.12. The van der Waals surface area contributed by atoms with Gasteiger partial charge in [-0.1, -0.05) is 18.2 Å². The molecular formula is C22H25NO5. The Morgan fingerprint density at radius 2 is 1.89 bits per heavy atom. The highest BCUT2D eigenvalue weighted by molar-refractivity contribution is 5.89. The second kappa shape index (κ2) is 8.20. The monoisotopic (exact) mass is 383 g/mol. The molecule has 6 nitrogen and oxygen atoms in total. The molecule has 0 aliphatic carbocycles. The van der Waals surface area contributed by atoms with Crippen LogP contribution < -0.4 is 9.47 Å². The van der Waals surface area contributed by atoms with Crippen molar-refractivity contribution in [3.63, 3.8) is 0 Å². The summed E-state index contributed by atoms with van der Waals surface area (Å²) in [6.07, 6.45) is 0.923. The van der Waals surface area contributed by atoms with E-state index >= 15 is 0 Å². The number of hydrogen-bond donors (Lipinski definition) is 0. The van der Waals surface area contributed by atoms with Crippen LogP contribution in [0.2, 0.25) is 0 Å². The molecule has 2 aliphatic rings. The number of fused-ring (bicyclic) bond motifs is 3. The van der Waals surface area contributed by atoms with Crippen LogP contribution in [0.3, 0.4) is 0 Å². The SMILES string of the molecule is COc1cc2c(cc1OC)C1C(COC(=O)c3ccccc3)COCN1CC2. The summed E-state index contributed by atoms with van der Waals surface area (Å²) in [5, 5.41) is 0. The second-order valence-corrected chi connectivity index (χ2v) is 7.14. The average molecular weight is 383 g/mol. The first-order valence-corrected chi connectivity index (χ1v) is 9.50. The first-order chi connectivity index (χ1) is 13.7. The zero-order valence-corrected chi connectivity index (χ0v) is 16.2. The van der Waals surface area contributed by atoms with Gasteiger partial charge in [-0.05, 0) is 41.8 Å². The van der Waals surface area contributed by atoms with Crippen LogP contribution in [-0.2, 0) is 15.9 Å². The van der Waals surface area contributed by atoms with Crippen LogP contribution in [0.4, 0.5) is 0 Å². The fraction of sp³-hybridized carbons (Fsp3) is 0.409. The summed E-state index contributed by atoms with van der Waals surface area (Å²) >= 11 is 0. The first-order valence-electron chi connectivity index (χ1n) is 9.50. The third kappa shape index (κ3) is 3.57. The minimum absolute atomic E-state index is 0.0542. The number of nitrogens with zero attached hydrogens (tertiary/aromatic N) is 1. The molecule has 0 aromatic heterocycles. The van der Waals surface area contributed by atoms with E-state index in [9.17, 15) is 4.79 Å². The highest BCUT2D eigenvalue weighted by Crippen LogP contribution is 2.42. The Hall–Kier alpha value is -2.57. The number of rotatable bonds is 5. The van der Waals surface area contributed by atoms with Gasteiger partial charge in [-0.3, -0.25) is 4.90 Å². The Bertz CT molecular complexity index is 838. The van der Waals surface area contributed by atoms with Crippen LogP contribution >= 0.6 is 0 Å². The Morgan fingerprint density at radius 3 is 2.64 bits per heavy atom. The molecular weight excluding hydrogens is 358 g/mol. The lowest BCUT2D eigenvalue weighted by atomic mass is 9.84. The highest BCUT2D eigenvalue weighted by atomic mass is 16.5. The zero-order chi connectivity index (χ0) is 19.5. The summed E-state index contributed by atoms with van der Waals surface area (Å²) in [5.41, 5.74) is 3.01. The molecule has 4 rings (SSSR count). The number of carbonyl (C=O) groups excluding carboxylic acids is 1. The zero-order valence-electron chi connectivity index (χ0n) is 16.2. The van der Waals surface area contributed by atoms with Crippen molar-refractivity contribution in [2.45, 2.75) is 12.5 Å². The highest BCUT2D eigenvalue weighted by Gasteiger charge is 2.38. The van der Waals surface area contributed by atoms with Crippen molar-refractivity contribution in [1.29, 1.82) is 0 Å². The first kappa shape index (κ1) is 18.8. The molecule has 6 heteroatoms. The van der Waals surface area contributed by atoms with Crippen molar-refractivity contribution in [2.24, 2.45) is 5.92 Å². The van der Waals surface area contributed by atoms with Crippen LogP contribution in [0.5, 0.6) is 11.5 Å². The molecule has 1 saturated heterocycles. The molecule has 0 saturated carbocycles. The third-order valence-electron chi connectivity index (χ3n) is 5.50. The van der Waals surface area contributed by atoms with E-state index in [1.54, 1.807) is 26.4 Å². The van der Waals surface area contributed by atoms with E-state index < -0.39 is 0 Å². The van der Waals surface area contributed by atoms with Crippen molar-refractivity contribution in [3.05, 3.63) is 59.2 Å². The van der Waals surface area contributed by atoms with Crippen molar-refractivity contribution >= 4 is 5.97 Å². The van der Waals surface area contributed by atoms with Crippen LogP contribution in [0, 0.1) is 5.92 Å². The number of benzene rings is 2. The molecule has 2 aliphatic heterocycles. The summed E-state index contributed by atoms with van der Waals surface area (Å²) in [5.74, 6) is 1.21. The Balaban J connectivity index is 1.57. The molecule has 148 valence electrons. The van der Waals surface area contributed by atoms with Gasteiger partial charge in [0.15, 0.2) is 11.5 Å². The van der Waals surface area contributed by atoms with Crippen LogP contribution in [-0.4, -0.2) is 51.6 Å². The van der Waals surface area contributed by atoms with Crippen LogP contribution in [0.25, 0.3) is 0 Å². The van der Waals surface area contributed by atoms with Crippen LogP contribution in [0.1, 0.15) is 27.5 Å². The van der Waals surface area contributed by atoms with Gasteiger partial charge in [0, 0.05) is 18.5 Å². The smallest absolute Gasteiger partial charge is 0.338 e. The molecule has 0 N–H and O–H groups in total. The van der Waals surface area contributed by atoms with Gasteiger partial charge in [0.25, 0.3) is 0 Å². The minimum atomic E-state index is -0.305. The van der Waals surface area contributed by atoms with Crippen molar-refractivity contribution in [2.75, 3.05) is 40.7 Å². The van der Waals surface area contributed by atoms with Gasteiger partial charge in [0.1, 0.15) is 0 Å². The number of ether oxygens (including phenoxy) is 4. The largest absolute Gasteiger partial charge is 0.493 e. The molecule has 0 spiro atoms. The van der Waals surface area contributed by atoms with E-state index in [1.807, 2.05) is 18.2 Å². The Labute approximate surface area is 165 Å². The van der Waals surface area contributed by atoms with Gasteiger partial charge < -0.3 is 18.9 Å². The molecule has 2 heterocycles. The van der Waals surface area contributed by atoms with Crippen molar-refractivity contribution in [3.8, 4) is 11.5 Å². The number of esters is 1. The summed E-state index contributed by atoms with van der Waals surface area (Å²) in [7, 11) is 3.30. The maximum Gasteiger partial charge on any atom is 0.338 e. The van der Waals surface area contributed by atoms with E-state index in [2.05, 4.69) is 17.0 Å². The Kier molecular flexibility index (Phi) is 5.50. The van der Waals surface area contributed by atoms with Gasteiger partial charge in [-0.15, -0.1) is 0 Å². The standard InChI is InChI=1S/C22H25NO5/c1-25-19-10-16-8-9-23-14-27-12-17(21(23)18(16)11-20(19)26-2)13-28-22(24)15-6-4-3-5-7-15/h3-7,10-11,17,21H,8-9,12-14H2,1-2H3. The molecule has 2 aromatic carbocycles. The molecule has 0 bridgehead atoms. The maximum atomic E-state index is 12.4. The quantitative estimate of drug-likeness (QED) is 0.740. The molecule has 0 amide bonds. The summed E-state index contributed by atoms with van der Waals surface area (Å²) in [6.45, 7) is 2.34. The van der Waals surface area contributed by atoms with E-state index in [4.69, 9.17) is 18.9 Å². The predicted octanol–water partition coefficient (Wildman–Crippen LogP) is 3.06. The Morgan fingerprint density at radius 1 is 1.14 bits per heavy atom. The van der Waals surface area contributed by atoms with E-state index in [-0.39, 0.29) is 17.9 Å². The summed E-state index contributed by atoms with van der Waals surface area (Å²) in [4.78, 5) is 14.7. The fourth-order valence-electron chi connectivity index (χ4n) is 4.12. The predicted molar refractivity (Wildman–Crippen MR) is 104 cm³/mol. The van der Waals surface area contributed by atoms with Gasteiger partial charge in [0.05, 0.1) is 39.7 Å². The van der Waals surface area contributed by atoms with Gasteiger partial charge in [0.2, 0.25) is 0 Å². The number of methoxy groups -OCH3 is 2. The molecule has 1 fully saturated rings. The molecule has 2 unspecified atom stereocenters. The van der Waals surface area contributed by atoms with Gasteiger partial charge in [-0.2, -0.15) is 0 Å². The maximum absolute atomic E-state index is 12.4. The summed E-state index contributed by atoms with van der Waals surface area (Å²) < 4.78 is 22.4. The second-order valence-electron chi connectivity index (χ2n) is 7.14. The van der Waals surface area contributed by atoms with Gasteiger partial charge in [-0.25, -0.2) is 4.79 Å². The molecule has 0 radical (unpaired) electrons. The van der Waals surface area contributed by atoms with E-state index in [0.717, 1.165) is 24.5 Å². The molecule has 2 atom stereocenters. The molecule has 28 heavy (non-hydrogen) atoms. The van der Waals surface area contributed by atoms with E-state index in [0.29, 0.717) is 25.5 Å². The third-order valence-corrected chi connectivity index (χ3v) is 5.50. The average Bonchev–Trinajstić information content (AvgIpc) is 2.76. The lowest BCUT2D eigenvalue weighted by molar-refractivity contribution is -0.102. The normalized spacial score (nSPS) is 21.4. The number of carbonyl (C=O) groups is 1. The van der Waals surface area contributed by atoms with Crippen LogP contribution in [0.15, 0.2) is 42.5 Å². The number of hydrogen-bond acceptors (Lipinski definition) is 6. The lowest BCUT2D eigenvalue weighted by Gasteiger charge is -2.44. The minimum Gasteiger partial charge on any atom is -0.493 e. The lowest BCUT2D eigenvalue weighted by Crippen LogP contribution is -2.47. The van der Waals surface area contributed by atoms with E-state index in [1.165, 1.54) is 11.1 Å². The summed E-state index contributed by atoms with van der Waals surface area (Å²) in [6, 6.07) is 13.3. The van der Waals surface area contributed by atoms with Crippen molar-refractivity contribution in [1.82, 2.24) is 4.90 Å². The molecule has 2 aromatic rings. The topological polar surface area (TPSA) is 57.2 Å².